The maximum absolute atomic E-state index is 2.43. The summed E-state index contributed by atoms with van der Waals surface area (Å²) in [5.74, 6) is 0. The summed E-state index contributed by atoms with van der Waals surface area (Å²) in [5.41, 5.74) is 0. The third-order valence-electron chi connectivity index (χ3n) is 1.98. The van der Waals surface area contributed by atoms with E-state index in [1.807, 2.05) is 0 Å². The Kier molecular flexibility index (Phi) is 1.93. The van der Waals surface area contributed by atoms with E-state index in [0.29, 0.717) is 4.08 Å². The van der Waals surface area contributed by atoms with Crippen LogP contribution in [-0.4, -0.2) is 16.5 Å². The normalized spacial score (nSPS) is 60.3. The van der Waals surface area contributed by atoms with Crippen LogP contribution in [0.25, 0.3) is 0 Å². The summed E-state index contributed by atoms with van der Waals surface area (Å²) in [6.07, 6.45) is 1.41. The summed E-state index contributed by atoms with van der Waals surface area (Å²) in [5, 5.41) is 0. The molecule has 0 amide bonds. The van der Waals surface area contributed by atoms with Crippen molar-refractivity contribution in [2.24, 2.45) is 0 Å². The molecule has 0 saturated carbocycles. The van der Waals surface area contributed by atoms with E-state index in [2.05, 4.69) is 65.7 Å². The Bertz CT molecular complexity index is 156. The summed E-state index contributed by atoms with van der Waals surface area (Å²) in [6, 6.07) is 0. The highest BCUT2D eigenvalue weighted by molar-refractivity contribution is 8.52. The van der Waals surface area contributed by atoms with Crippen molar-refractivity contribution in [1.82, 2.24) is 0 Å². The molecule has 0 radical (unpaired) electrons. The molecule has 11 heavy (non-hydrogen) atoms. The molecule has 4 rings (SSSR count). The Morgan fingerprint density at radius 2 is 1.73 bits per heavy atom. The van der Waals surface area contributed by atoms with Crippen molar-refractivity contribution in [1.29, 1.82) is 0 Å². The highest BCUT2D eigenvalue weighted by Gasteiger charge is 2.51. The van der Waals surface area contributed by atoms with E-state index < -0.39 is 0 Å². The Labute approximate surface area is 88.2 Å². The molecule has 4 fully saturated rings. The Hall–Kier alpha value is 1.75. The van der Waals surface area contributed by atoms with Crippen LogP contribution in [0.3, 0.4) is 0 Å². The molecule has 0 aromatic rings. The summed E-state index contributed by atoms with van der Waals surface area (Å²) in [6.45, 7) is 2.43. The summed E-state index contributed by atoms with van der Waals surface area (Å²) >= 11 is 10.9. The smallest absolute Gasteiger partial charge is 0.1000 e. The van der Waals surface area contributed by atoms with Gasteiger partial charge in [-0.15, -0.1) is 58.8 Å². The van der Waals surface area contributed by atoms with Crippen LogP contribution in [0.15, 0.2) is 0 Å². The highest BCUT2D eigenvalue weighted by atomic mass is 32.3. The molecular formula is C6H8S5. The summed E-state index contributed by atoms with van der Waals surface area (Å²) in [4.78, 5) is 0. The van der Waals surface area contributed by atoms with E-state index in [1.54, 1.807) is 0 Å². The molecule has 0 spiro atoms. The second-order valence-electron chi connectivity index (χ2n) is 2.99. The van der Waals surface area contributed by atoms with Gasteiger partial charge in [0.2, 0.25) is 0 Å². The van der Waals surface area contributed by atoms with Gasteiger partial charge in [0, 0.05) is 0 Å². The molecule has 4 atom stereocenters. The predicted molar refractivity (Wildman–Crippen MR) is 62.3 cm³/mol. The van der Waals surface area contributed by atoms with Crippen LogP contribution in [0.4, 0.5) is 0 Å². The lowest BCUT2D eigenvalue weighted by Gasteiger charge is -2.52. The Morgan fingerprint density at radius 3 is 2.18 bits per heavy atom. The van der Waals surface area contributed by atoms with Crippen molar-refractivity contribution in [3.05, 3.63) is 0 Å². The van der Waals surface area contributed by atoms with Crippen LogP contribution in [0.1, 0.15) is 13.3 Å². The molecule has 4 heterocycles. The molecule has 0 aromatic carbocycles. The van der Waals surface area contributed by atoms with Crippen molar-refractivity contribution in [3.63, 3.8) is 0 Å². The number of rotatable bonds is 0. The van der Waals surface area contributed by atoms with Crippen molar-refractivity contribution in [3.8, 4) is 0 Å². The second kappa shape index (κ2) is 2.62. The highest BCUT2D eigenvalue weighted by Crippen LogP contribution is 2.72. The average molecular weight is 240 g/mol. The lowest BCUT2D eigenvalue weighted by molar-refractivity contribution is 0.820. The van der Waals surface area contributed by atoms with Gasteiger partial charge >= 0.3 is 0 Å². The van der Waals surface area contributed by atoms with Gasteiger partial charge in [0.05, 0.1) is 16.5 Å². The molecule has 0 N–H and O–H groups in total. The SMILES string of the molecule is CC12CC3S[C@H](S[C@H](S3)S1)S2. The first kappa shape index (κ1) is 8.09. The quantitative estimate of drug-likeness (QED) is 0.631. The molecule has 4 aliphatic rings. The summed E-state index contributed by atoms with van der Waals surface area (Å²) < 4.78 is 3.19. The van der Waals surface area contributed by atoms with E-state index >= 15 is 0 Å². The molecular weight excluding hydrogens is 232 g/mol. The topological polar surface area (TPSA) is 0 Å². The largest absolute Gasteiger partial charge is 0.122 e. The number of hydrogen-bond donors (Lipinski definition) is 0. The van der Waals surface area contributed by atoms with Gasteiger partial charge in [-0.1, -0.05) is 0 Å². The minimum absolute atomic E-state index is 0.571. The molecule has 5 heteroatoms. The van der Waals surface area contributed by atoms with E-state index in [0.717, 1.165) is 12.4 Å². The molecule has 4 bridgehead atoms. The fourth-order valence-electron chi connectivity index (χ4n) is 1.48. The molecule has 62 valence electrons. The van der Waals surface area contributed by atoms with E-state index in [9.17, 15) is 0 Å². The lowest BCUT2D eigenvalue weighted by Crippen LogP contribution is -2.38. The van der Waals surface area contributed by atoms with Crippen LogP contribution >= 0.6 is 58.8 Å². The van der Waals surface area contributed by atoms with Gasteiger partial charge in [-0.2, -0.15) is 0 Å². The predicted octanol–water partition coefficient (Wildman–Crippen LogP) is 3.69. The molecule has 4 aliphatic heterocycles. The number of hydrogen-bond acceptors (Lipinski definition) is 5. The minimum Gasteiger partial charge on any atom is -0.122 e. The first-order chi connectivity index (χ1) is 5.23. The van der Waals surface area contributed by atoms with Crippen LogP contribution in [0.5, 0.6) is 0 Å². The first-order valence-electron chi connectivity index (χ1n) is 3.56. The van der Waals surface area contributed by atoms with Gasteiger partial charge in [0.1, 0.15) is 0 Å². The molecule has 0 aliphatic carbocycles. The van der Waals surface area contributed by atoms with Gasteiger partial charge in [-0.3, -0.25) is 0 Å². The van der Waals surface area contributed by atoms with Gasteiger partial charge < -0.3 is 0 Å². The van der Waals surface area contributed by atoms with E-state index in [1.165, 1.54) is 6.42 Å². The van der Waals surface area contributed by atoms with E-state index in [-0.39, 0.29) is 0 Å². The van der Waals surface area contributed by atoms with Crippen molar-refractivity contribution >= 4 is 58.8 Å². The second-order valence-corrected chi connectivity index (χ2v) is 12.4. The fraction of sp³-hybridized carbons (Fsp3) is 1.00. The van der Waals surface area contributed by atoms with Crippen molar-refractivity contribution in [2.45, 2.75) is 29.8 Å². The molecule has 4 saturated heterocycles. The van der Waals surface area contributed by atoms with Crippen LogP contribution < -0.4 is 0 Å². The Balaban J connectivity index is 1.94. The molecule has 0 aromatic heterocycles. The van der Waals surface area contributed by atoms with E-state index in [4.69, 9.17) is 0 Å². The summed E-state index contributed by atoms with van der Waals surface area (Å²) in [7, 11) is 0. The maximum atomic E-state index is 2.43. The lowest BCUT2D eigenvalue weighted by atomic mass is 10.3. The van der Waals surface area contributed by atoms with Gasteiger partial charge in [-0.25, -0.2) is 0 Å². The number of thioether (sulfide) groups is 5. The van der Waals surface area contributed by atoms with Crippen molar-refractivity contribution in [2.75, 3.05) is 0 Å². The zero-order chi connectivity index (χ0) is 7.47. The molecule has 2 unspecified atom stereocenters. The Morgan fingerprint density at radius 1 is 1.09 bits per heavy atom. The molecule has 0 nitrogen and oxygen atoms in total. The maximum Gasteiger partial charge on any atom is 0.1000 e. The van der Waals surface area contributed by atoms with Crippen molar-refractivity contribution < 1.29 is 0 Å². The first-order valence-corrected chi connectivity index (χ1v) is 8.14. The van der Waals surface area contributed by atoms with Gasteiger partial charge in [-0.05, 0) is 13.3 Å². The van der Waals surface area contributed by atoms with Crippen LogP contribution in [0.2, 0.25) is 0 Å². The van der Waals surface area contributed by atoms with Gasteiger partial charge in [0.15, 0.2) is 0 Å². The van der Waals surface area contributed by atoms with Gasteiger partial charge in [0.25, 0.3) is 0 Å². The average Bonchev–Trinajstić information content (AvgIpc) is 1.79. The monoisotopic (exact) mass is 240 g/mol. The fourth-order valence-corrected chi connectivity index (χ4v) is 15.8. The zero-order valence-corrected chi connectivity index (χ0v) is 10.1. The zero-order valence-electron chi connectivity index (χ0n) is 5.98. The third kappa shape index (κ3) is 1.35. The third-order valence-corrected chi connectivity index (χ3v) is 10.6. The standard InChI is InChI=1S/C6H8S5/c1-6-2-3-7-4(10-6)9-5(8-3)11-6/h3-5H,2H2,1H3/t3?,4-,5+,6?. The minimum atomic E-state index is 0.571. The van der Waals surface area contributed by atoms with Crippen LogP contribution in [0, 0.1) is 0 Å². The van der Waals surface area contributed by atoms with Crippen LogP contribution in [-0.2, 0) is 0 Å².